The van der Waals surface area contributed by atoms with Crippen LogP contribution in [-0.4, -0.2) is 19.6 Å². The lowest BCUT2D eigenvalue weighted by atomic mass is 10.2. The van der Waals surface area contributed by atoms with Gasteiger partial charge in [0.2, 0.25) is 0 Å². The Morgan fingerprint density at radius 2 is 2.30 bits per heavy atom. The maximum Gasteiger partial charge on any atom is 0.0383 e. The van der Waals surface area contributed by atoms with Crippen LogP contribution in [0.4, 0.5) is 0 Å². The average Bonchev–Trinajstić information content (AvgIpc) is 1.87. The maximum absolute atomic E-state index is 7.91. The molecule has 58 valence electrons. The zero-order valence-electron chi connectivity index (χ0n) is 6.54. The second kappa shape index (κ2) is 6.39. The van der Waals surface area contributed by atoms with E-state index in [2.05, 4.69) is 29.2 Å². The first-order chi connectivity index (χ1) is 4.77. The molecule has 0 aliphatic rings. The summed E-state index contributed by atoms with van der Waals surface area (Å²) in [6.45, 7) is 6.59. The van der Waals surface area contributed by atoms with Crippen molar-refractivity contribution in [3.63, 3.8) is 0 Å². The van der Waals surface area contributed by atoms with Gasteiger partial charge in [0, 0.05) is 18.0 Å². The van der Waals surface area contributed by atoms with E-state index in [1.165, 1.54) is 0 Å². The van der Waals surface area contributed by atoms with Crippen LogP contribution in [0, 0.1) is 5.92 Å². The number of hydrogen-bond acceptors (Lipinski definition) is 2. The molecule has 0 aromatic heterocycles. The van der Waals surface area contributed by atoms with Crippen molar-refractivity contribution < 1.29 is 0 Å². The molecular weight excluding hydrogens is 128 g/mol. The van der Waals surface area contributed by atoms with Gasteiger partial charge < -0.3 is 5.32 Å². The summed E-state index contributed by atoms with van der Waals surface area (Å²) in [7, 11) is 0. The van der Waals surface area contributed by atoms with Crippen molar-refractivity contribution in [1.82, 2.24) is 5.32 Å². The average molecular weight is 142 g/mol. The van der Waals surface area contributed by atoms with Crippen molar-refractivity contribution in [1.29, 1.82) is 0 Å². The van der Waals surface area contributed by atoms with Gasteiger partial charge in [-0.05, 0) is 18.0 Å². The summed E-state index contributed by atoms with van der Waals surface area (Å²) < 4.78 is 0. The highest BCUT2D eigenvalue weighted by Crippen LogP contribution is 1.85. The molecule has 0 fully saturated rings. The monoisotopic (exact) mass is 142 g/mol. The summed E-state index contributed by atoms with van der Waals surface area (Å²) in [5, 5.41) is 6.54. The first-order valence-corrected chi connectivity index (χ1v) is 3.49. The Labute approximate surface area is 61.2 Å². The fourth-order valence-electron chi connectivity index (χ4n) is 0.565. The van der Waals surface area contributed by atoms with E-state index >= 15 is 0 Å². The number of nitrogens with zero attached hydrogens (tertiary/aromatic N) is 3. The van der Waals surface area contributed by atoms with Gasteiger partial charge >= 0.3 is 0 Å². The molecule has 0 saturated heterocycles. The van der Waals surface area contributed by atoms with Crippen LogP contribution >= 0.6 is 0 Å². The molecule has 0 saturated carbocycles. The Bertz CT molecular complexity index is 115. The lowest BCUT2D eigenvalue weighted by Gasteiger charge is -2.03. The molecule has 10 heavy (non-hydrogen) atoms. The predicted molar refractivity (Wildman–Crippen MR) is 41.7 cm³/mol. The summed E-state index contributed by atoms with van der Waals surface area (Å²) in [4.78, 5) is 2.64. The van der Waals surface area contributed by atoms with E-state index < -0.39 is 0 Å². The summed E-state index contributed by atoms with van der Waals surface area (Å²) in [6.07, 6.45) is 0. The van der Waals surface area contributed by atoms with Crippen LogP contribution in [0.15, 0.2) is 5.11 Å². The van der Waals surface area contributed by atoms with E-state index in [1.807, 2.05) is 0 Å². The lowest BCUT2D eigenvalue weighted by molar-refractivity contribution is 0.557. The highest BCUT2D eigenvalue weighted by atomic mass is 15.1. The SMILES string of the molecule is CC(C)CNCCN=[N+]=[N-]. The Balaban J connectivity index is 2.98. The van der Waals surface area contributed by atoms with Crippen LogP contribution < -0.4 is 5.32 Å². The van der Waals surface area contributed by atoms with Gasteiger partial charge in [0.05, 0.1) is 0 Å². The van der Waals surface area contributed by atoms with E-state index in [-0.39, 0.29) is 0 Å². The maximum atomic E-state index is 7.91. The van der Waals surface area contributed by atoms with Gasteiger partial charge in [0.25, 0.3) is 0 Å². The van der Waals surface area contributed by atoms with Crippen LogP contribution in [0.25, 0.3) is 10.4 Å². The second-order valence-electron chi connectivity index (χ2n) is 2.55. The minimum atomic E-state index is 0.545. The number of nitrogens with one attached hydrogen (secondary N) is 1. The second-order valence-corrected chi connectivity index (χ2v) is 2.55. The summed E-state index contributed by atoms with van der Waals surface area (Å²) in [5.74, 6) is 0.658. The molecule has 0 heterocycles. The van der Waals surface area contributed by atoms with E-state index in [1.54, 1.807) is 0 Å². The van der Waals surface area contributed by atoms with Crippen molar-refractivity contribution in [2.24, 2.45) is 11.0 Å². The quantitative estimate of drug-likeness (QED) is 0.269. The fourth-order valence-corrected chi connectivity index (χ4v) is 0.565. The van der Waals surface area contributed by atoms with Gasteiger partial charge in [-0.1, -0.05) is 19.0 Å². The smallest absolute Gasteiger partial charge is 0.0383 e. The van der Waals surface area contributed by atoms with Crippen LogP contribution in [-0.2, 0) is 0 Å². The third-order valence-electron chi connectivity index (χ3n) is 1.00. The third-order valence-corrected chi connectivity index (χ3v) is 1.00. The molecule has 0 rings (SSSR count). The van der Waals surface area contributed by atoms with E-state index in [9.17, 15) is 0 Å². The van der Waals surface area contributed by atoms with Gasteiger partial charge in [-0.15, -0.1) is 0 Å². The molecule has 4 nitrogen and oxygen atoms in total. The van der Waals surface area contributed by atoms with Gasteiger partial charge in [-0.25, -0.2) is 0 Å². The summed E-state index contributed by atoms with van der Waals surface area (Å²) in [6, 6.07) is 0. The van der Waals surface area contributed by atoms with E-state index in [0.29, 0.717) is 12.5 Å². The Hall–Kier alpha value is -0.730. The minimum absolute atomic E-state index is 0.545. The molecule has 1 N–H and O–H groups in total. The van der Waals surface area contributed by atoms with Crippen LogP contribution in [0.5, 0.6) is 0 Å². The first-order valence-electron chi connectivity index (χ1n) is 3.49. The van der Waals surface area contributed by atoms with Crippen molar-refractivity contribution in [2.45, 2.75) is 13.8 Å². The third kappa shape index (κ3) is 7.27. The molecule has 0 radical (unpaired) electrons. The van der Waals surface area contributed by atoms with Gasteiger partial charge in [0.1, 0.15) is 0 Å². The summed E-state index contributed by atoms with van der Waals surface area (Å²) in [5.41, 5.74) is 7.91. The normalized spacial score (nSPS) is 9.50. The van der Waals surface area contributed by atoms with Crippen LogP contribution in [0.2, 0.25) is 0 Å². The van der Waals surface area contributed by atoms with Gasteiger partial charge in [0.15, 0.2) is 0 Å². The molecule has 0 aliphatic heterocycles. The number of azide groups is 1. The number of rotatable bonds is 5. The van der Waals surface area contributed by atoms with E-state index in [4.69, 9.17) is 5.53 Å². The standard InChI is InChI=1S/C6H14N4/c1-6(2)5-8-3-4-9-10-7/h6,8H,3-5H2,1-2H3. The largest absolute Gasteiger partial charge is 0.316 e. The first kappa shape index (κ1) is 9.27. The molecule has 0 aromatic rings. The molecule has 0 atom stereocenters. The highest BCUT2D eigenvalue weighted by molar-refractivity contribution is 4.53. The number of hydrogen-bond donors (Lipinski definition) is 1. The molecular formula is C6H14N4. The highest BCUT2D eigenvalue weighted by Gasteiger charge is 1.89. The fraction of sp³-hybridized carbons (Fsp3) is 1.00. The molecule has 0 spiro atoms. The Kier molecular flexibility index (Phi) is 5.92. The van der Waals surface area contributed by atoms with E-state index in [0.717, 1.165) is 13.1 Å². The van der Waals surface area contributed by atoms with Gasteiger partial charge in [-0.3, -0.25) is 0 Å². The lowest BCUT2D eigenvalue weighted by Crippen LogP contribution is -2.22. The minimum Gasteiger partial charge on any atom is -0.316 e. The van der Waals surface area contributed by atoms with Crippen molar-refractivity contribution in [3.8, 4) is 0 Å². The van der Waals surface area contributed by atoms with Crippen LogP contribution in [0.3, 0.4) is 0 Å². The zero-order chi connectivity index (χ0) is 7.82. The predicted octanol–water partition coefficient (Wildman–Crippen LogP) is 1.54. The molecule has 0 aromatic carbocycles. The van der Waals surface area contributed by atoms with Crippen molar-refractivity contribution in [2.75, 3.05) is 19.6 Å². The zero-order valence-corrected chi connectivity index (χ0v) is 6.54. The molecule has 4 heteroatoms. The van der Waals surface area contributed by atoms with Crippen molar-refractivity contribution >= 4 is 0 Å². The van der Waals surface area contributed by atoms with Crippen LogP contribution in [0.1, 0.15) is 13.8 Å². The topological polar surface area (TPSA) is 60.8 Å². The van der Waals surface area contributed by atoms with Gasteiger partial charge in [-0.2, -0.15) is 0 Å². The Morgan fingerprint density at radius 3 is 2.80 bits per heavy atom. The molecule has 0 unspecified atom stereocenters. The Morgan fingerprint density at radius 1 is 1.60 bits per heavy atom. The molecule has 0 aliphatic carbocycles. The molecule has 0 amide bonds. The molecule has 0 bridgehead atoms. The summed E-state index contributed by atoms with van der Waals surface area (Å²) >= 11 is 0. The van der Waals surface area contributed by atoms with Crippen molar-refractivity contribution in [3.05, 3.63) is 10.4 Å².